The molecule has 15 heavy (non-hydrogen) atoms. The van der Waals surface area contributed by atoms with E-state index in [0.29, 0.717) is 0 Å². The van der Waals surface area contributed by atoms with Crippen molar-refractivity contribution >= 4 is 17.3 Å². The molecule has 0 atom stereocenters. The minimum absolute atomic E-state index is 0.790. The van der Waals surface area contributed by atoms with E-state index in [4.69, 9.17) is 11.6 Å². The number of anilines is 1. The highest BCUT2D eigenvalue weighted by Crippen LogP contribution is 2.14. The number of halogens is 1. The van der Waals surface area contributed by atoms with E-state index in [9.17, 15) is 0 Å². The summed E-state index contributed by atoms with van der Waals surface area (Å²) in [6.07, 6.45) is 4.06. The largest absolute Gasteiger partial charge is 0.372 e. The molecule has 1 fully saturated rings. The summed E-state index contributed by atoms with van der Waals surface area (Å²) in [5.74, 6) is 0. The lowest BCUT2D eigenvalue weighted by atomic mass is 10.1. The molecule has 1 saturated heterocycles. The normalized spacial score (nSPS) is 17.7. The summed E-state index contributed by atoms with van der Waals surface area (Å²) in [4.78, 5) is 2.46. The molecule has 2 nitrogen and oxygen atoms in total. The van der Waals surface area contributed by atoms with Gasteiger partial charge in [0.2, 0.25) is 0 Å². The Morgan fingerprint density at radius 1 is 1.07 bits per heavy atom. The maximum absolute atomic E-state index is 5.82. The van der Waals surface area contributed by atoms with Gasteiger partial charge in [-0.15, -0.1) is 0 Å². The Hall–Kier alpha value is -0.730. The number of hydrogen-bond donors (Lipinski definition) is 1. The van der Waals surface area contributed by atoms with Crippen LogP contribution in [0.3, 0.4) is 0 Å². The molecule has 0 radical (unpaired) electrons. The Morgan fingerprint density at radius 2 is 1.73 bits per heavy atom. The zero-order chi connectivity index (χ0) is 10.5. The highest BCUT2D eigenvalue weighted by molar-refractivity contribution is 6.30. The number of nitrogens with zero attached hydrogens (tertiary/aromatic N) is 1. The van der Waals surface area contributed by atoms with E-state index in [1.54, 1.807) is 0 Å². The first-order chi connectivity index (χ1) is 7.34. The molecule has 1 aliphatic heterocycles. The molecular formula is C12H17ClN2. The lowest BCUT2D eigenvalue weighted by Gasteiger charge is -2.26. The fourth-order valence-electron chi connectivity index (χ4n) is 1.89. The van der Waals surface area contributed by atoms with Crippen molar-refractivity contribution in [2.75, 3.05) is 25.1 Å². The second-order valence-corrected chi connectivity index (χ2v) is 4.46. The van der Waals surface area contributed by atoms with Crippen molar-refractivity contribution in [3.63, 3.8) is 0 Å². The highest BCUT2D eigenvalue weighted by atomic mass is 35.5. The fraction of sp³-hybridized carbons (Fsp3) is 0.500. The van der Waals surface area contributed by atoms with Gasteiger partial charge in [0.1, 0.15) is 0 Å². The Bertz CT molecular complexity index is 291. The Morgan fingerprint density at radius 3 is 2.40 bits per heavy atom. The lowest BCUT2D eigenvalue weighted by Crippen LogP contribution is -2.34. The van der Waals surface area contributed by atoms with Crippen molar-refractivity contribution in [1.29, 1.82) is 0 Å². The molecule has 0 unspecified atom stereocenters. The van der Waals surface area contributed by atoms with E-state index in [2.05, 4.69) is 10.2 Å². The van der Waals surface area contributed by atoms with Gasteiger partial charge >= 0.3 is 0 Å². The molecular weight excluding hydrogens is 208 g/mol. The Kier molecular flexibility index (Phi) is 3.87. The van der Waals surface area contributed by atoms with Crippen LogP contribution in [0.1, 0.15) is 19.3 Å². The second kappa shape index (κ2) is 5.38. The SMILES string of the molecule is Clc1ccc(NCN2CCCCC2)cc1. The van der Waals surface area contributed by atoms with Gasteiger partial charge < -0.3 is 5.32 Å². The molecule has 0 amide bonds. The zero-order valence-electron chi connectivity index (χ0n) is 8.88. The smallest absolute Gasteiger partial charge is 0.0678 e. The summed E-state index contributed by atoms with van der Waals surface area (Å²) in [5, 5.41) is 4.20. The summed E-state index contributed by atoms with van der Waals surface area (Å²) in [6, 6.07) is 7.87. The van der Waals surface area contributed by atoms with Gasteiger partial charge in [-0.2, -0.15) is 0 Å². The first-order valence-electron chi connectivity index (χ1n) is 5.56. The van der Waals surface area contributed by atoms with Crippen LogP contribution in [0.2, 0.25) is 5.02 Å². The highest BCUT2D eigenvalue weighted by Gasteiger charge is 2.08. The third kappa shape index (κ3) is 3.40. The van der Waals surface area contributed by atoms with Crippen LogP contribution >= 0.6 is 11.6 Å². The molecule has 0 spiro atoms. The zero-order valence-corrected chi connectivity index (χ0v) is 9.63. The number of likely N-dealkylation sites (tertiary alicyclic amines) is 1. The molecule has 0 aromatic heterocycles. The van der Waals surface area contributed by atoms with Crippen LogP contribution in [0, 0.1) is 0 Å². The average molecular weight is 225 g/mol. The van der Waals surface area contributed by atoms with Crippen LogP contribution in [-0.2, 0) is 0 Å². The molecule has 82 valence electrons. The van der Waals surface area contributed by atoms with Crippen molar-refractivity contribution in [3.8, 4) is 0 Å². The molecule has 1 aliphatic rings. The number of benzene rings is 1. The second-order valence-electron chi connectivity index (χ2n) is 4.02. The fourth-order valence-corrected chi connectivity index (χ4v) is 2.01. The van der Waals surface area contributed by atoms with Crippen LogP contribution in [0.4, 0.5) is 5.69 Å². The Balaban J connectivity index is 1.79. The lowest BCUT2D eigenvalue weighted by molar-refractivity contribution is 0.244. The van der Waals surface area contributed by atoms with Gasteiger partial charge in [0.15, 0.2) is 0 Å². The van der Waals surface area contributed by atoms with Gasteiger partial charge in [-0.05, 0) is 50.2 Å². The third-order valence-electron chi connectivity index (χ3n) is 2.80. The van der Waals surface area contributed by atoms with Gasteiger partial charge in [0.25, 0.3) is 0 Å². The third-order valence-corrected chi connectivity index (χ3v) is 3.05. The number of nitrogens with one attached hydrogen (secondary N) is 1. The van der Waals surface area contributed by atoms with Crippen LogP contribution in [0.25, 0.3) is 0 Å². The average Bonchev–Trinajstić information content (AvgIpc) is 2.30. The maximum atomic E-state index is 5.82. The predicted molar refractivity (Wildman–Crippen MR) is 65.4 cm³/mol. The van der Waals surface area contributed by atoms with Gasteiger partial charge in [0.05, 0.1) is 6.67 Å². The van der Waals surface area contributed by atoms with Crippen molar-refractivity contribution in [2.45, 2.75) is 19.3 Å². The molecule has 0 saturated carbocycles. The van der Waals surface area contributed by atoms with Crippen LogP contribution in [-0.4, -0.2) is 24.7 Å². The topological polar surface area (TPSA) is 15.3 Å². The maximum Gasteiger partial charge on any atom is 0.0678 e. The van der Waals surface area contributed by atoms with Crippen molar-refractivity contribution in [3.05, 3.63) is 29.3 Å². The first kappa shape index (κ1) is 10.8. The Labute approximate surface area is 96.2 Å². The molecule has 1 N–H and O–H groups in total. The molecule has 1 aromatic carbocycles. The summed E-state index contributed by atoms with van der Waals surface area (Å²) in [7, 11) is 0. The molecule has 2 rings (SSSR count). The molecule has 0 aliphatic carbocycles. The van der Waals surface area contributed by atoms with Crippen molar-refractivity contribution in [1.82, 2.24) is 4.90 Å². The molecule has 0 bridgehead atoms. The van der Waals surface area contributed by atoms with Crippen molar-refractivity contribution < 1.29 is 0 Å². The van der Waals surface area contributed by atoms with Crippen LogP contribution in [0.5, 0.6) is 0 Å². The van der Waals surface area contributed by atoms with E-state index in [-0.39, 0.29) is 0 Å². The van der Waals surface area contributed by atoms with Crippen molar-refractivity contribution in [2.24, 2.45) is 0 Å². The minimum Gasteiger partial charge on any atom is -0.372 e. The van der Waals surface area contributed by atoms with Crippen LogP contribution in [0.15, 0.2) is 24.3 Å². The number of hydrogen-bond acceptors (Lipinski definition) is 2. The first-order valence-corrected chi connectivity index (χ1v) is 5.94. The monoisotopic (exact) mass is 224 g/mol. The van der Waals surface area contributed by atoms with E-state index in [0.717, 1.165) is 17.4 Å². The van der Waals surface area contributed by atoms with E-state index >= 15 is 0 Å². The number of piperidine rings is 1. The molecule has 3 heteroatoms. The number of rotatable bonds is 3. The van der Waals surface area contributed by atoms with Gasteiger partial charge in [-0.1, -0.05) is 18.0 Å². The summed E-state index contributed by atoms with van der Waals surface area (Å²) >= 11 is 5.82. The standard InChI is InChI=1S/C12H17ClN2/c13-11-4-6-12(7-5-11)14-10-15-8-2-1-3-9-15/h4-7,14H,1-3,8-10H2. The quantitative estimate of drug-likeness (QED) is 0.849. The predicted octanol–water partition coefficient (Wildman–Crippen LogP) is 3.20. The van der Waals surface area contributed by atoms with Gasteiger partial charge in [-0.3, -0.25) is 4.90 Å². The van der Waals surface area contributed by atoms with Gasteiger partial charge in [-0.25, -0.2) is 0 Å². The van der Waals surface area contributed by atoms with E-state index in [1.165, 1.54) is 32.4 Å². The molecule has 1 aromatic rings. The summed E-state index contributed by atoms with van der Waals surface area (Å²) in [5.41, 5.74) is 1.14. The molecule has 1 heterocycles. The van der Waals surface area contributed by atoms with Gasteiger partial charge in [0, 0.05) is 10.7 Å². The minimum atomic E-state index is 0.790. The van der Waals surface area contributed by atoms with E-state index < -0.39 is 0 Å². The summed E-state index contributed by atoms with van der Waals surface area (Å²) < 4.78 is 0. The van der Waals surface area contributed by atoms with Crippen LogP contribution < -0.4 is 5.32 Å². The summed E-state index contributed by atoms with van der Waals surface area (Å²) in [6.45, 7) is 3.39. The van der Waals surface area contributed by atoms with E-state index in [1.807, 2.05) is 24.3 Å².